The molecule has 0 aliphatic heterocycles. The molecule has 0 aromatic heterocycles. The third-order valence-corrected chi connectivity index (χ3v) is 4.11. The lowest BCUT2D eigenvalue weighted by molar-refractivity contribution is -0.132. The van der Waals surface area contributed by atoms with E-state index in [0.29, 0.717) is 11.5 Å². The van der Waals surface area contributed by atoms with Crippen molar-refractivity contribution >= 4 is 29.7 Å². The Labute approximate surface area is 238 Å². The molecule has 216 valence electrons. The summed E-state index contributed by atoms with van der Waals surface area (Å²) in [4.78, 5) is 55.8. The topological polar surface area (TPSA) is 154 Å². The highest BCUT2D eigenvalue weighted by Gasteiger charge is 2.12. The van der Waals surface area contributed by atoms with Gasteiger partial charge in [-0.2, -0.15) is 0 Å². The van der Waals surface area contributed by atoms with Gasteiger partial charge in [-0.25, -0.2) is 9.59 Å². The van der Waals surface area contributed by atoms with Gasteiger partial charge in [0, 0.05) is 13.8 Å². The highest BCUT2D eigenvalue weighted by molar-refractivity contribution is 5.92. The first-order valence-corrected chi connectivity index (χ1v) is 11.8. The number of ether oxygens (including phenoxy) is 4. The first-order chi connectivity index (χ1) is 18.9. The fourth-order valence-corrected chi connectivity index (χ4v) is 2.56. The Balaban J connectivity index is 0.00000158. The van der Waals surface area contributed by atoms with Gasteiger partial charge in [0.15, 0.2) is 0 Å². The van der Waals surface area contributed by atoms with Gasteiger partial charge in [-0.1, -0.05) is 25.3 Å². The van der Waals surface area contributed by atoms with E-state index in [1.165, 1.54) is 100 Å². The lowest BCUT2D eigenvalue weighted by Gasteiger charge is -2.08. The molecule has 10 heteroatoms. The Morgan fingerprint density at radius 1 is 0.488 bits per heavy atom. The zero-order valence-corrected chi connectivity index (χ0v) is 23.2. The number of rotatable bonds is 7. The molecule has 0 aliphatic rings. The molecule has 0 fully saturated rings. The minimum Gasteiger partial charge on any atom is -0.427 e. The lowest BCUT2D eigenvalue weighted by Crippen LogP contribution is -2.10. The van der Waals surface area contributed by atoms with E-state index in [-0.39, 0.29) is 33.9 Å². The van der Waals surface area contributed by atoms with Gasteiger partial charge in [0.25, 0.3) is 0 Å². The number of allylic oxidation sites excluding steroid dienone is 2. The molecule has 0 heterocycles. The van der Waals surface area contributed by atoms with E-state index in [0.717, 1.165) is 0 Å². The summed E-state index contributed by atoms with van der Waals surface area (Å²) in [6.45, 7) is 12.3. The van der Waals surface area contributed by atoms with Crippen molar-refractivity contribution in [2.75, 3.05) is 0 Å². The van der Waals surface area contributed by atoms with Gasteiger partial charge in [-0.3, -0.25) is 9.59 Å². The van der Waals surface area contributed by atoms with Crippen molar-refractivity contribution in [3.63, 3.8) is 0 Å². The Morgan fingerprint density at radius 3 is 0.927 bits per heavy atom. The SMILES string of the molecule is C=CC=C.CC(=O)Oc1ccc(C(=O)Oc2ccc(OC(=O)c3ccc(OC(C)=O)cc3)cc2)cc1.CC(C)=O.O. The predicted octanol–water partition coefficient (Wildman–Crippen LogP) is 5.10. The molecule has 0 unspecified atom stereocenters. The third kappa shape index (κ3) is 15.0. The number of ketones is 1. The van der Waals surface area contributed by atoms with Crippen LogP contribution in [0.5, 0.6) is 23.0 Å². The van der Waals surface area contributed by atoms with E-state index >= 15 is 0 Å². The van der Waals surface area contributed by atoms with Gasteiger partial charge >= 0.3 is 23.9 Å². The van der Waals surface area contributed by atoms with E-state index in [1.54, 1.807) is 12.2 Å². The number of hydrogen-bond donors (Lipinski definition) is 0. The molecule has 0 amide bonds. The van der Waals surface area contributed by atoms with Crippen LogP contribution in [0.2, 0.25) is 0 Å². The molecule has 0 saturated carbocycles. The molecular formula is C31H32O10. The van der Waals surface area contributed by atoms with Gasteiger partial charge in [-0.05, 0) is 86.6 Å². The van der Waals surface area contributed by atoms with E-state index in [1.807, 2.05) is 0 Å². The zero-order chi connectivity index (χ0) is 30.1. The molecule has 0 spiro atoms. The van der Waals surface area contributed by atoms with Crippen LogP contribution in [-0.2, 0) is 14.4 Å². The fourth-order valence-electron chi connectivity index (χ4n) is 2.56. The average molecular weight is 565 g/mol. The van der Waals surface area contributed by atoms with Gasteiger partial charge in [0.2, 0.25) is 0 Å². The Bertz CT molecular complexity index is 1220. The first kappa shape index (κ1) is 35.6. The predicted molar refractivity (Wildman–Crippen MR) is 152 cm³/mol. The summed E-state index contributed by atoms with van der Waals surface area (Å²) in [6.07, 6.45) is 3.28. The maximum Gasteiger partial charge on any atom is 0.343 e. The number of esters is 4. The minimum absolute atomic E-state index is 0. The molecule has 0 radical (unpaired) electrons. The highest BCUT2D eigenvalue weighted by atomic mass is 16.5. The highest BCUT2D eigenvalue weighted by Crippen LogP contribution is 2.21. The zero-order valence-electron chi connectivity index (χ0n) is 23.2. The standard InChI is InChI=1S/C24H18O8.C4H6.C3H6O.H2O/c1-15(25)29-19-7-3-17(4-8-19)23(27)31-21-11-13-22(14-12-21)32-24(28)18-5-9-20(10-6-18)30-16(2)26;1-3-4-2;1-3(2)4;/h3-14H,1-2H3;3-4H,1-2H2;1-2H3;1H2. The molecule has 0 atom stereocenters. The van der Waals surface area contributed by atoms with Crippen LogP contribution in [0.3, 0.4) is 0 Å². The van der Waals surface area contributed by atoms with Crippen LogP contribution in [-0.4, -0.2) is 35.1 Å². The summed E-state index contributed by atoms with van der Waals surface area (Å²) in [5.41, 5.74) is 0.544. The van der Waals surface area contributed by atoms with Gasteiger partial charge < -0.3 is 29.2 Å². The number of hydrogen-bond acceptors (Lipinski definition) is 9. The summed E-state index contributed by atoms with van der Waals surface area (Å²) in [7, 11) is 0. The largest absolute Gasteiger partial charge is 0.427 e. The van der Waals surface area contributed by atoms with Crippen molar-refractivity contribution in [3.05, 3.63) is 109 Å². The van der Waals surface area contributed by atoms with Crippen molar-refractivity contribution in [1.82, 2.24) is 0 Å². The average Bonchev–Trinajstić information content (AvgIpc) is 2.89. The van der Waals surface area contributed by atoms with Crippen LogP contribution in [0, 0.1) is 0 Å². The second kappa shape index (κ2) is 18.8. The molecule has 0 bridgehead atoms. The molecule has 3 aromatic carbocycles. The second-order valence-corrected chi connectivity index (χ2v) is 7.87. The van der Waals surface area contributed by atoms with Crippen LogP contribution in [0.25, 0.3) is 0 Å². The summed E-state index contributed by atoms with van der Waals surface area (Å²) in [5.74, 6) is -0.800. The van der Waals surface area contributed by atoms with E-state index < -0.39 is 23.9 Å². The molecule has 0 aliphatic carbocycles. The van der Waals surface area contributed by atoms with Crippen molar-refractivity contribution in [2.24, 2.45) is 0 Å². The normalized spacial score (nSPS) is 8.98. The Morgan fingerprint density at radius 2 is 0.707 bits per heavy atom. The monoisotopic (exact) mass is 564 g/mol. The minimum atomic E-state index is -0.600. The number of carbonyl (C=O) groups excluding carboxylic acids is 5. The summed E-state index contributed by atoms with van der Waals surface area (Å²) in [6, 6.07) is 17.8. The van der Waals surface area contributed by atoms with E-state index in [9.17, 15) is 24.0 Å². The van der Waals surface area contributed by atoms with Crippen LogP contribution in [0.1, 0.15) is 48.4 Å². The van der Waals surface area contributed by atoms with Crippen molar-refractivity contribution < 1.29 is 48.4 Å². The quantitative estimate of drug-likeness (QED) is 0.216. The summed E-state index contributed by atoms with van der Waals surface area (Å²) >= 11 is 0. The number of carbonyl (C=O) groups is 5. The molecule has 10 nitrogen and oxygen atoms in total. The Hall–Kier alpha value is -5.35. The van der Waals surface area contributed by atoms with Gasteiger partial charge in [-0.15, -0.1) is 0 Å². The Kier molecular flexibility index (Phi) is 16.4. The van der Waals surface area contributed by atoms with Gasteiger partial charge in [0.05, 0.1) is 11.1 Å². The summed E-state index contributed by atoms with van der Waals surface area (Å²) in [5, 5.41) is 0. The van der Waals surface area contributed by atoms with Crippen LogP contribution >= 0.6 is 0 Å². The molecular weight excluding hydrogens is 532 g/mol. The van der Waals surface area contributed by atoms with Gasteiger partial charge in [0.1, 0.15) is 28.8 Å². The second-order valence-electron chi connectivity index (χ2n) is 7.87. The maximum absolute atomic E-state index is 12.2. The molecule has 0 saturated heterocycles. The number of Topliss-reactive ketones (excluding diaryl/α,β-unsaturated/α-hetero) is 1. The van der Waals surface area contributed by atoms with E-state index in [2.05, 4.69) is 13.2 Å². The fraction of sp³-hybridized carbons (Fsp3) is 0.129. The van der Waals surface area contributed by atoms with Crippen molar-refractivity contribution in [2.45, 2.75) is 27.7 Å². The van der Waals surface area contributed by atoms with Crippen molar-refractivity contribution in [1.29, 1.82) is 0 Å². The maximum atomic E-state index is 12.2. The lowest BCUT2D eigenvalue weighted by atomic mass is 10.2. The van der Waals surface area contributed by atoms with E-state index in [4.69, 9.17) is 18.9 Å². The van der Waals surface area contributed by atoms with Crippen LogP contribution < -0.4 is 18.9 Å². The first-order valence-electron chi connectivity index (χ1n) is 11.8. The molecule has 2 N–H and O–H groups in total. The molecule has 41 heavy (non-hydrogen) atoms. The molecule has 3 aromatic rings. The number of benzene rings is 3. The third-order valence-electron chi connectivity index (χ3n) is 4.11. The smallest absolute Gasteiger partial charge is 0.343 e. The molecule has 3 rings (SSSR count). The van der Waals surface area contributed by atoms with Crippen LogP contribution in [0.4, 0.5) is 0 Å². The summed E-state index contributed by atoms with van der Waals surface area (Å²) < 4.78 is 20.4. The van der Waals surface area contributed by atoms with Crippen molar-refractivity contribution in [3.8, 4) is 23.0 Å². The van der Waals surface area contributed by atoms with Crippen LogP contribution in [0.15, 0.2) is 98.1 Å².